The van der Waals surface area contributed by atoms with Gasteiger partial charge in [0.15, 0.2) is 6.17 Å². The van der Waals surface area contributed by atoms with E-state index in [9.17, 15) is 19.1 Å². The first-order valence-electron chi connectivity index (χ1n) is 30.0. The quantitative estimate of drug-likeness (QED) is 0.0363. The van der Waals surface area contributed by atoms with Gasteiger partial charge in [-0.1, -0.05) is 229 Å². The fourth-order valence-corrected chi connectivity index (χ4v) is 10.7. The van der Waals surface area contributed by atoms with Crippen LogP contribution in [0.3, 0.4) is 0 Å². The van der Waals surface area contributed by atoms with Gasteiger partial charge in [-0.3, -0.25) is 9.46 Å². The fraction of sp³-hybridized carbons (Fsp3) is 0.689. The highest BCUT2D eigenvalue weighted by Crippen LogP contribution is 2.39. The molecule has 0 radical (unpaired) electrons. The number of benzene rings is 2. The van der Waals surface area contributed by atoms with Crippen molar-refractivity contribution < 1.29 is 33.4 Å². The second-order valence-electron chi connectivity index (χ2n) is 21.0. The second-order valence-corrected chi connectivity index (χ2v) is 22.6. The molecule has 1 aliphatic rings. The van der Waals surface area contributed by atoms with E-state index >= 15 is 4.79 Å². The molecule has 4 rings (SSSR count). The maximum atomic E-state index is 15.4. The summed E-state index contributed by atoms with van der Waals surface area (Å²) in [6, 6.07) is 20.8. The van der Waals surface area contributed by atoms with Crippen molar-refractivity contribution in [2.45, 2.75) is 219 Å². The summed E-state index contributed by atoms with van der Waals surface area (Å²) in [5.41, 5.74) is 8.50. The minimum absolute atomic E-state index is 0.0226. The largest absolute Gasteiger partial charge is 0.383 e. The van der Waals surface area contributed by atoms with Crippen LogP contribution in [0, 0.1) is 0 Å². The third-order valence-corrected chi connectivity index (χ3v) is 15.0. The number of allylic oxidation sites excluding steroid dienone is 1. The Labute approximate surface area is 458 Å². The van der Waals surface area contributed by atoms with E-state index in [1.807, 2.05) is 60.7 Å². The lowest BCUT2D eigenvalue weighted by Crippen LogP contribution is -2.66. The van der Waals surface area contributed by atoms with Crippen LogP contribution in [-0.4, -0.2) is 89.0 Å². The highest BCUT2D eigenvalue weighted by molar-refractivity contribution is 7.51. The molecule has 3 aromatic rings. The molecule has 0 bridgehead atoms. The Kier molecular flexibility index (Phi) is 34.1. The van der Waals surface area contributed by atoms with E-state index in [0.717, 1.165) is 42.5 Å². The molecule has 0 spiro atoms. The topological polar surface area (TPSA) is 173 Å². The first-order valence-corrected chi connectivity index (χ1v) is 31.8. The van der Waals surface area contributed by atoms with Crippen LogP contribution in [0.5, 0.6) is 0 Å². The number of para-hydroxylation sites is 1. The number of carbonyl (C=O) groups is 1. The number of ether oxygens (including phenoxy) is 3. The molecular weight excluding hydrogens is 976 g/mol. The number of hydrogen-bond donors (Lipinski definition) is 3. The van der Waals surface area contributed by atoms with E-state index in [1.54, 1.807) is 4.90 Å². The second kappa shape index (κ2) is 40.2. The smallest absolute Gasteiger partial charge is 0.368 e. The zero-order valence-electron chi connectivity index (χ0n) is 47.2. The number of anilines is 2. The Morgan fingerprint density at radius 2 is 1.01 bits per heavy atom. The van der Waals surface area contributed by atoms with Gasteiger partial charge in [0, 0.05) is 56.1 Å². The number of hydrogen-bond acceptors (Lipinski definition) is 9. The van der Waals surface area contributed by atoms with Gasteiger partial charge in [0.1, 0.15) is 12.2 Å². The number of unbranched alkanes of at least 4 members (excludes halogenated alkanes) is 26. The van der Waals surface area contributed by atoms with E-state index in [4.69, 9.17) is 19.9 Å². The number of carbonyl (C=O) groups excluding carboxylic acids is 1. The molecule has 1 unspecified atom stereocenters. The van der Waals surface area contributed by atoms with E-state index in [2.05, 4.69) is 23.7 Å². The van der Waals surface area contributed by atoms with Crippen molar-refractivity contribution in [2.75, 3.05) is 68.1 Å². The summed E-state index contributed by atoms with van der Waals surface area (Å²) in [5.74, 6) is 0.0226. The molecule has 76 heavy (non-hydrogen) atoms. The number of nitrogen functional groups attached to an aromatic ring is 1. The summed E-state index contributed by atoms with van der Waals surface area (Å²) in [7, 11) is -4.48. The molecule has 2 amide bonds. The molecular formula is C61H101N6O8P. The Morgan fingerprint density at radius 3 is 1.49 bits per heavy atom. The fourth-order valence-electron chi connectivity index (χ4n) is 10.3. The molecule has 0 saturated carbocycles. The van der Waals surface area contributed by atoms with Crippen LogP contribution in [0.1, 0.15) is 218 Å². The predicted octanol–water partition coefficient (Wildman–Crippen LogP) is 14.8. The number of aromatic nitrogens is 2. The lowest BCUT2D eigenvalue weighted by Gasteiger charge is -2.49. The van der Waals surface area contributed by atoms with Crippen LogP contribution in [0.4, 0.5) is 16.3 Å². The summed E-state index contributed by atoms with van der Waals surface area (Å²) in [4.78, 5) is 56.5. The van der Waals surface area contributed by atoms with Crippen LogP contribution in [0.25, 0.3) is 5.57 Å². The third-order valence-electron chi connectivity index (χ3n) is 14.5. The summed E-state index contributed by atoms with van der Waals surface area (Å²) in [5, 5.41) is 1.43. The molecule has 428 valence electrons. The minimum atomic E-state index is -4.48. The molecule has 0 fully saturated rings. The molecule has 2 heterocycles. The average Bonchev–Trinajstić information content (AvgIpc) is 3.47. The first kappa shape index (κ1) is 64.5. The Bertz CT molecular complexity index is 2090. The first-order chi connectivity index (χ1) is 37.2. The summed E-state index contributed by atoms with van der Waals surface area (Å²) >= 11 is 0. The van der Waals surface area contributed by atoms with E-state index in [0.29, 0.717) is 57.9 Å². The van der Waals surface area contributed by atoms with Crippen molar-refractivity contribution in [2.24, 2.45) is 0 Å². The predicted molar refractivity (Wildman–Crippen MR) is 313 cm³/mol. The summed E-state index contributed by atoms with van der Waals surface area (Å²) in [6.45, 7) is 7.16. The van der Waals surface area contributed by atoms with Gasteiger partial charge >= 0.3 is 19.3 Å². The number of amides is 2. The Morgan fingerprint density at radius 1 is 0.566 bits per heavy atom. The maximum Gasteiger partial charge on any atom is 0.368 e. The normalized spacial score (nSPS) is 14.1. The van der Waals surface area contributed by atoms with E-state index in [1.165, 1.54) is 176 Å². The van der Waals surface area contributed by atoms with Crippen LogP contribution >= 0.6 is 7.60 Å². The van der Waals surface area contributed by atoms with Gasteiger partial charge in [-0.05, 0) is 55.9 Å². The van der Waals surface area contributed by atoms with Crippen molar-refractivity contribution in [1.82, 2.24) is 14.6 Å². The van der Waals surface area contributed by atoms with Gasteiger partial charge in [0.05, 0.1) is 13.2 Å². The molecule has 1 aliphatic heterocycles. The van der Waals surface area contributed by atoms with Gasteiger partial charge < -0.3 is 34.6 Å². The average molecular weight is 1080 g/mol. The van der Waals surface area contributed by atoms with Gasteiger partial charge in [0.25, 0.3) is 0 Å². The van der Waals surface area contributed by atoms with Gasteiger partial charge in [0.2, 0.25) is 0 Å². The van der Waals surface area contributed by atoms with Crippen LogP contribution in [0.15, 0.2) is 83.4 Å². The zero-order chi connectivity index (χ0) is 54.3. The van der Waals surface area contributed by atoms with Gasteiger partial charge in [-0.2, -0.15) is 9.99 Å². The van der Waals surface area contributed by atoms with Gasteiger partial charge in [-0.25, -0.2) is 14.3 Å². The van der Waals surface area contributed by atoms with E-state index < -0.39 is 31.8 Å². The summed E-state index contributed by atoms with van der Waals surface area (Å²) in [6.07, 6.45) is 37.9. The number of nitrogens with zero attached hydrogens (tertiary/aromatic N) is 5. The third kappa shape index (κ3) is 26.1. The minimum Gasteiger partial charge on any atom is -0.383 e. The molecule has 0 saturated heterocycles. The SMILES string of the molecule is CCCCCCCCCCCCCCCCOCCCC1=C(c2ccccc2)C(N(CCCOCCCCCCCCCCCCCCCC)c2ccccc2)N(n2ccc(N)nc2=O)C(=O)N1CCOCP(=O)(O)O. The van der Waals surface area contributed by atoms with E-state index in [-0.39, 0.29) is 19.0 Å². The van der Waals surface area contributed by atoms with Gasteiger partial charge in [-0.15, -0.1) is 0 Å². The highest BCUT2D eigenvalue weighted by atomic mass is 31.2. The van der Waals surface area contributed by atoms with Crippen LogP contribution in [-0.2, 0) is 18.8 Å². The zero-order valence-corrected chi connectivity index (χ0v) is 48.1. The number of urea groups is 1. The van der Waals surface area contributed by atoms with Crippen molar-refractivity contribution in [3.05, 3.63) is 94.7 Å². The standard InChI is InChI=1S/C61H101N6O8P/c1-3-5-7-9-11-13-15-17-19-21-23-25-27-35-48-73-50-37-43-56-58(54-39-31-29-32-40-54)59(67(66-46-44-57(62)63-60(66)68)61(69)65(56)47-52-75-53-76(70,71)72)64(55-41-33-30-34-42-55)45-38-51-74-49-36-28-26-24-22-20-18-16-14-12-10-8-6-4-2/h29-34,39-42,44,46,59H,3-28,35-38,43,45,47-53H2,1-2H3,(H2,62,63,68)(H2,70,71,72). The van der Waals surface area contributed by atoms with Crippen molar-refractivity contribution >= 4 is 30.7 Å². The van der Waals surface area contributed by atoms with Crippen molar-refractivity contribution in [3.8, 4) is 0 Å². The lowest BCUT2D eigenvalue weighted by atomic mass is 9.94. The number of rotatable bonds is 47. The molecule has 1 aromatic heterocycles. The Balaban J connectivity index is 1.47. The van der Waals surface area contributed by atoms with Crippen molar-refractivity contribution in [3.63, 3.8) is 0 Å². The van der Waals surface area contributed by atoms with Crippen LogP contribution < -0.4 is 21.3 Å². The highest BCUT2D eigenvalue weighted by Gasteiger charge is 2.44. The molecule has 4 N–H and O–H groups in total. The maximum absolute atomic E-state index is 15.4. The van der Waals surface area contributed by atoms with Crippen LogP contribution in [0.2, 0.25) is 0 Å². The molecule has 1 atom stereocenters. The molecule has 15 heteroatoms. The van der Waals surface area contributed by atoms with Crippen molar-refractivity contribution in [1.29, 1.82) is 0 Å². The summed E-state index contributed by atoms with van der Waals surface area (Å²) < 4.78 is 31.1. The Hall–Kier alpha value is -4.04. The number of nitrogens with two attached hydrogens (primary N) is 1. The molecule has 2 aromatic carbocycles. The monoisotopic (exact) mass is 1080 g/mol. The molecule has 0 aliphatic carbocycles. The molecule has 14 nitrogen and oxygen atoms in total. The lowest BCUT2D eigenvalue weighted by molar-refractivity contribution is 0.121.